The molecule has 5 aromatic rings. The van der Waals surface area contributed by atoms with Gasteiger partial charge in [0.2, 0.25) is 0 Å². The minimum atomic E-state index is 0.944. The van der Waals surface area contributed by atoms with E-state index in [1.807, 2.05) is 20.8 Å². The van der Waals surface area contributed by atoms with Crippen molar-refractivity contribution in [3.8, 4) is 22.3 Å². The molecule has 0 aliphatic carbocycles. The van der Waals surface area contributed by atoms with Crippen molar-refractivity contribution >= 4 is 34.4 Å². The van der Waals surface area contributed by atoms with Crippen LogP contribution in [0.25, 0.3) is 44.1 Å². The highest BCUT2D eigenvalue weighted by molar-refractivity contribution is 7.80. The Kier molecular flexibility index (Phi) is 10.7. The fraction of sp³-hybridized carbons (Fsp3) is 0.333. The summed E-state index contributed by atoms with van der Waals surface area (Å²) in [5.41, 5.74) is 13.4. The molecule has 2 heteroatoms. The fourth-order valence-corrected chi connectivity index (χ4v) is 5.33. The second-order valence-electron chi connectivity index (χ2n) is 9.82. The van der Waals surface area contributed by atoms with E-state index in [0.717, 1.165) is 12.2 Å². The third-order valence-electron chi connectivity index (χ3n) is 7.24. The number of hydrogen-bond acceptors (Lipinski definition) is 1. The van der Waals surface area contributed by atoms with Crippen LogP contribution in [-0.4, -0.2) is 10.3 Å². The highest BCUT2D eigenvalue weighted by atomic mass is 32.1. The number of nitrogens with zero attached hydrogens (tertiary/aromatic N) is 1. The first-order valence-corrected chi connectivity index (χ1v) is 14.8. The average molecular weight is 524 g/mol. The largest absolute Gasteiger partial charge is 0.344 e. The molecule has 0 aliphatic heterocycles. The molecule has 5 rings (SSSR count). The monoisotopic (exact) mass is 523 g/mol. The highest BCUT2D eigenvalue weighted by Crippen LogP contribution is 2.38. The fourth-order valence-electron chi connectivity index (χ4n) is 5.33. The van der Waals surface area contributed by atoms with Crippen molar-refractivity contribution in [2.24, 2.45) is 7.05 Å². The normalized spacial score (nSPS) is 10.7. The smallest absolute Gasteiger partial charge is 0.0495 e. The molecule has 1 heterocycles. The maximum atomic E-state index is 3.79. The van der Waals surface area contributed by atoms with E-state index in [0.29, 0.717) is 0 Å². The molecule has 0 bridgehead atoms. The van der Waals surface area contributed by atoms with Gasteiger partial charge >= 0.3 is 0 Å². The van der Waals surface area contributed by atoms with Crippen LogP contribution in [0.1, 0.15) is 62.8 Å². The molecule has 38 heavy (non-hydrogen) atoms. The van der Waals surface area contributed by atoms with E-state index in [9.17, 15) is 0 Å². The predicted molar refractivity (Wildman–Crippen MR) is 175 cm³/mol. The van der Waals surface area contributed by atoms with Gasteiger partial charge in [-0.3, -0.25) is 0 Å². The Balaban J connectivity index is 0.000000748. The van der Waals surface area contributed by atoms with Gasteiger partial charge in [-0.1, -0.05) is 82.6 Å². The van der Waals surface area contributed by atoms with Crippen molar-refractivity contribution in [3.63, 3.8) is 0 Å². The number of unbranched alkanes of at least 4 members (excludes halogenated alkanes) is 1. The van der Waals surface area contributed by atoms with Gasteiger partial charge in [0, 0.05) is 28.9 Å². The summed E-state index contributed by atoms with van der Waals surface area (Å²) in [5, 5.41) is 2.69. The Morgan fingerprint density at radius 2 is 1.11 bits per heavy atom. The molecule has 0 radical (unpaired) electrons. The Morgan fingerprint density at radius 1 is 0.632 bits per heavy atom. The van der Waals surface area contributed by atoms with E-state index >= 15 is 0 Å². The minimum Gasteiger partial charge on any atom is -0.344 e. The van der Waals surface area contributed by atoms with Crippen molar-refractivity contribution in [3.05, 3.63) is 95.1 Å². The molecule has 1 aromatic heterocycles. The number of benzene rings is 4. The number of fused-ring (bicyclic) bond motifs is 3. The van der Waals surface area contributed by atoms with Crippen LogP contribution < -0.4 is 0 Å². The van der Waals surface area contributed by atoms with Gasteiger partial charge in [-0.15, -0.1) is 0 Å². The van der Waals surface area contributed by atoms with Crippen LogP contribution in [0.5, 0.6) is 0 Å². The predicted octanol–water partition coefficient (Wildman–Crippen LogP) is 10.9. The van der Waals surface area contributed by atoms with E-state index in [1.165, 1.54) is 79.2 Å². The zero-order chi connectivity index (χ0) is 27.8. The molecule has 0 aliphatic rings. The first kappa shape index (κ1) is 29.6. The molecule has 0 amide bonds. The van der Waals surface area contributed by atoms with Crippen LogP contribution in [0.4, 0.5) is 0 Å². The van der Waals surface area contributed by atoms with Gasteiger partial charge in [0.1, 0.15) is 0 Å². The van der Waals surface area contributed by atoms with Gasteiger partial charge in [0.15, 0.2) is 0 Å². The van der Waals surface area contributed by atoms with Crippen molar-refractivity contribution in [1.29, 1.82) is 0 Å². The van der Waals surface area contributed by atoms with Crippen molar-refractivity contribution < 1.29 is 0 Å². The number of rotatable bonds is 5. The molecule has 1 nitrogen and oxygen atoms in total. The van der Waals surface area contributed by atoms with Gasteiger partial charge in [-0.05, 0) is 108 Å². The molecular formula is C36H45NS. The summed E-state index contributed by atoms with van der Waals surface area (Å²) < 4.78 is 2.38. The standard InChI is InChI=1S/C32H33N.C2H6S.C2H6/c1-6-7-13-24-14-9-11-16-26(24)28-20-32-30(18-23(28)4)29-17-22(3)27(19-31(29)33(32)5)25-15-10-8-12-21(25)2;1-2-3;1-2/h8-12,14-20H,6-7,13H2,1-5H3;3H,2H2,1H3;1-2H3. The SMILES string of the molecule is CC.CCCCc1ccccc1-c1cc2c(cc1C)c1cc(C)c(-c3ccccc3C)cc1n2C.CCS. The third kappa shape index (κ3) is 6.02. The van der Waals surface area contributed by atoms with E-state index in [4.69, 9.17) is 0 Å². The van der Waals surface area contributed by atoms with Gasteiger partial charge in [-0.25, -0.2) is 0 Å². The topological polar surface area (TPSA) is 4.93 Å². The molecule has 0 N–H and O–H groups in total. The summed E-state index contributed by atoms with van der Waals surface area (Å²) >= 11 is 3.79. The highest BCUT2D eigenvalue weighted by Gasteiger charge is 2.16. The number of aromatic nitrogens is 1. The quantitative estimate of drug-likeness (QED) is 0.219. The minimum absolute atomic E-state index is 0.944. The number of hydrogen-bond donors (Lipinski definition) is 1. The molecule has 0 atom stereocenters. The van der Waals surface area contributed by atoms with E-state index in [1.54, 1.807) is 0 Å². The molecule has 4 aromatic carbocycles. The van der Waals surface area contributed by atoms with Gasteiger partial charge in [-0.2, -0.15) is 12.6 Å². The van der Waals surface area contributed by atoms with E-state index < -0.39 is 0 Å². The van der Waals surface area contributed by atoms with Crippen LogP contribution in [0.2, 0.25) is 0 Å². The molecule has 0 fully saturated rings. The molecule has 0 unspecified atom stereocenters. The molecule has 0 spiro atoms. The lowest BCUT2D eigenvalue weighted by Crippen LogP contribution is -1.94. The molecule has 200 valence electrons. The van der Waals surface area contributed by atoms with E-state index in [-0.39, 0.29) is 0 Å². The molecule has 0 saturated heterocycles. The van der Waals surface area contributed by atoms with Crippen LogP contribution in [0.3, 0.4) is 0 Å². The summed E-state index contributed by atoms with van der Waals surface area (Å²) in [7, 11) is 2.21. The van der Waals surface area contributed by atoms with Gasteiger partial charge in [0.05, 0.1) is 0 Å². The summed E-state index contributed by atoms with van der Waals surface area (Å²) in [6.07, 6.45) is 3.59. The number of aryl methyl sites for hydroxylation is 5. The Bertz CT molecular complexity index is 1510. The van der Waals surface area contributed by atoms with Crippen LogP contribution in [0.15, 0.2) is 72.8 Å². The summed E-state index contributed by atoms with van der Waals surface area (Å²) in [5.74, 6) is 0.944. The summed E-state index contributed by atoms with van der Waals surface area (Å²) in [4.78, 5) is 0. The van der Waals surface area contributed by atoms with Crippen molar-refractivity contribution in [2.75, 3.05) is 5.75 Å². The zero-order valence-corrected chi connectivity index (χ0v) is 25.5. The second-order valence-corrected chi connectivity index (χ2v) is 10.5. The lowest BCUT2D eigenvalue weighted by Gasteiger charge is -2.13. The van der Waals surface area contributed by atoms with Gasteiger partial charge < -0.3 is 4.57 Å². The van der Waals surface area contributed by atoms with Crippen LogP contribution in [-0.2, 0) is 13.5 Å². The second kappa shape index (κ2) is 13.7. The van der Waals surface area contributed by atoms with Crippen LogP contribution in [0, 0.1) is 20.8 Å². The lowest BCUT2D eigenvalue weighted by molar-refractivity contribution is 0.796. The van der Waals surface area contributed by atoms with Crippen LogP contribution >= 0.6 is 12.6 Å². The van der Waals surface area contributed by atoms with Crippen molar-refractivity contribution in [1.82, 2.24) is 4.57 Å². The lowest BCUT2D eigenvalue weighted by atomic mass is 9.92. The zero-order valence-electron chi connectivity index (χ0n) is 24.7. The maximum absolute atomic E-state index is 3.79. The third-order valence-corrected chi connectivity index (χ3v) is 7.24. The van der Waals surface area contributed by atoms with Crippen molar-refractivity contribution in [2.45, 2.75) is 67.7 Å². The Labute approximate surface area is 236 Å². The Hall–Kier alpha value is -2.97. The first-order valence-electron chi connectivity index (χ1n) is 14.2. The number of thiol groups is 1. The molecular weight excluding hydrogens is 478 g/mol. The first-order chi connectivity index (χ1) is 18.4. The average Bonchev–Trinajstić information content (AvgIpc) is 3.18. The van der Waals surface area contributed by atoms with E-state index in [2.05, 4.69) is 125 Å². The summed E-state index contributed by atoms with van der Waals surface area (Å²) in [6.45, 7) is 15.0. The summed E-state index contributed by atoms with van der Waals surface area (Å²) in [6, 6.07) is 27.2. The van der Waals surface area contributed by atoms with Gasteiger partial charge in [0.25, 0.3) is 0 Å². The maximum Gasteiger partial charge on any atom is 0.0495 e. The Morgan fingerprint density at radius 3 is 1.63 bits per heavy atom. The molecule has 0 saturated carbocycles.